The third-order valence-electron chi connectivity index (χ3n) is 4.08. The lowest BCUT2D eigenvalue weighted by Crippen LogP contribution is -2.42. The van der Waals surface area contributed by atoms with Crippen LogP contribution in [-0.4, -0.2) is 35.2 Å². The molecule has 3 heteroatoms. The molecule has 2 N–H and O–H groups in total. The summed E-state index contributed by atoms with van der Waals surface area (Å²) in [6, 6.07) is 21.1. The first-order valence-electron chi connectivity index (χ1n) is 7.53. The van der Waals surface area contributed by atoms with Gasteiger partial charge < -0.3 is 10.4 Å². The Hall–Kier alpha value is -1.68. The van der Waals surface area contributed by atoms with Crippen LogP contribution in [0.1, 0.15) is 11.1 Å². The van der Waals surface area contributed by atoms with Crippen LogP contribution in [0.5, 0.6) is 0 Å². The van der Waals surface area contributed by atoms with Gasteiger partial charge in [-0.15, -0.1) is 0 Å². The predicted octanol–water partition coefficient (Wildman–Crippen LogP) is 2.02. The van der Waals surface area contributed by atoms with Gasteiger partial charge in [0, 0.05) is 32.2 Å². The Bertz CT molecular complexity index is 502. The fourth-order valence-electron chi connectivity index (χ4n) is 2.95. The van der Waals surface area contributed by atoms with E-state index in [1.54, 1.807) is 0 Å². The monoisotopic (exact) mass is 282 g/mol. The van der Waals surface area contributed by atoms with Crippen molar-refractivity contribution in [2.24, 2.45) is 0 Å². The summed E-state index contributed by atoms with van der Waals surface area (Å²) in [6.45, 7) is 3.25. The molecule has 0 radical (unpaired) electrons. The van der Waals surface area contributed by atoms with Crippen LogP contribution in [0.3, 0.4) is 0 Å². The second-order valence-electron chi connectivity index (χ2n) is 5.67. The summed E-state index contributed by atoms with van der Waals surface area (Å²) in [5.41, 5.74) is 2.57. The molecule has 2 atom stereocenters. The minimum Gasteiger partial charge on any atom is -0.390 e. The average Bonchev–Trinajstić information content (AvgIpc) is 2.95. The molecule has 1 saturated heterocycles. The lowest BCUT2D eigenvalue weighted by Gasteiger charge is -2.30. The van der Waals surface area contributed by atoms with E-state index in [1.165, 1.54) is 11.1 Å². The molecule has 2 aromatic carbocycles. The first-order chi connectivity index (χ1) is 10.3. The molecule has 2 aromatic rings. The van der Waals surface area contributed by atoms with Crippen LogP contribution in [0, 0.1) is 0 Å². The summed E-state index contributed by atoms with van der Waals surface area (Å²) in [5.74, 6) is 0. The molecule has 110 valence electrons. The van der Waals surface area contributed by atoms with E-state index in [2.05, 4.69) is 58.7 Å². The minimum absolute atomic E-state index is 0.172. The quantitative estimate of drug-likeness (QED) is 0.881. The molecule has 3 rings (SSSR count). The number of aliphatic hydroxyl groups is 1. The zero-order valence-corrected chi connectivity index (χ0v) is 12.2. The van der Waals surface area contributed by atoms with Crippen molar-refractivity contribution in [3.63, 3.8) is 0 Å². The average molecular weight is 282 g/mol. The molecule has 1 fully saturated rings. The summed E-state index contributed by atoms with van der Waals surface area (Å²) in [4.78, 5) is 2.37. The molecule has 0 aliphatic carbocycles. The van der Waals surface area contributed by atoms with Crippen LogP contribution in [0.25, 0.3) is 0 Å². The van der Waals surface area contributed by atoms with E-state index in [-0.39, 0.29) is 12.1 Å². The van der Waals surface area contributed by atoms with Crippen LogP contribution in [0.2, 0.25) is 0 Å². The van der Waals surface area contributed by atoms with Crippen LogP contribution < -0.4 is 5.32 Å². The summed E-state index contributed by atoms with van der Waals surface area (Å²) < 4.78 is 0. The molecule has 21 heavy (non-hydrogen) atoms. The van der Waals surface area contributed by atoms with Crippen LogP contribution in [0.4, 0.5) is 0 Å². The van der Waals surface area contributed by atoms with Gasteiger partial charge in [-0.25, -0.2) is 0 Å². The first-order valence-corrected chi connectivity index (χ1v) is 7.53. The Labute approximate surface area is 126 Å². The second kappa shape index (κ2) is 6.85. The summed E-state index contributed by atoms with van der Waals surface area (Å²) in [6.07, 6.45) is -0.294. The van der Waals surface area contributed by atoms with E-state index in [0.29, 0.717) is 6.54 Å². The zero-order valence-electron chi connectivity index (χ0n) is 12.2. The lowest BCUT2D eigenvalue weighted by molar-refractivity contribution is 0.0730. The van der Waals surface area contributed by atoms with Crippen molar-refractivity contribution in [3.05, 3.63) is 71.8 Å². The molecule has 0 saturated carbocycles. The highest BCUT2D eigenvalue weighted by molar-refractivity contribution is 5.17. The molecule has 0 spiro atoms. The number of hydrogen-bond acceptors (Lipinski definition) is 3. The van der Waals surface area contributed by atoms with Crippen molar-refractivity contribution < 1.29 is 5.11 Å². The highest BCUT2D eigenvalue weighted by atomic mass is 16.3. The maximum atomic E-state index is 10.2. The molecular weight excluding hydrogens is 260 g/mol. The summed E-state index contributed by atoms with van der Waals surface area (Å²) in [5, 5.41) is 13.5. The topological polar surface area (TPSA) is 35.5 Å². The third kappa shape index (κ3) is 3.70. The molecule has 0 aromatic heterocycles. The lowest BCUT2D eigenvalue weighted by atomic mass is 10.1. The van der Waals surface area contributed by atoms with Crippen molar-refractivity contribution in [2.45, 2.75) is 25.2 Å². The smallest absolute Gasteiger partial charge is 0.0832 e. The largest absolute Gasteiger partial charge is 0.390 e. The van der Waals surface area contributed by atoms with Crippen molar-refractivity contribution >= 4 is 0 Å². The van der Waals surface area contributed by atoms with Gasteiger partial charge >= 0.3 is 0 Å². The normalized spacial score (nSPS) is 21.8. The van der Waals surface area contributed by atoms with Gasteiger partial charge in [0.1, 0.15) is 0 Å². The standard InChI is InChI=1S/C18H22N2O/c21-18-12-19-11-17(18)20(13-15-7-3-1-4-8-15)14-16-9-5-2-6-10-16/h1-10,17-19,21H,11-14H2/t17-,18-/m1/s1. The molecule has 0 unspecified atom stereocenters. The Morgan fingerprint density at radius 3 is 1.81 bits per heavy atom. The van der Waals surface area contributed by atoms with E-state index in [9.17, 15) is 5.11 Å². The number of β-amino-alcohol motifs (C(OH)–C–C–N with tert-alkyl or cyclic N) is 1. The predicted molar refractivity (Wildman–Crippen MR) is 84.8 cm³/mol. The Morgan fingerprint density at radius 2 is 1.38 bits per heavy atom. The maximum Gasteiger partial charge on any atom is 0.0832 e. The minimum atomic E-state index is -0.294. The maximum absolute atomic E-state index is 10.2. The van der Waals surface area contributed by atoms with Crippen molar-refractivity contribution in [1.82, 2.24) is 10.2 Å². The van der Waals surface area contributed by atoms with E-state index in [4.69, 9.17) is 0 Å². The van der Waals surface area contributed by atoms with E-state index < -0.39 is 0 Å². The van der Waals surface area contributed by atoms with E-state index in [1.807, 2.05) is 12.1 Å². The van der Waals surface area contributed by atoms with Crippen LogP contribution in [0.15, 0.2) is 60.7 Å². The number of nitrogens with zero attached hydrogens (tertiary/aromatic N) is 1. The molecule has 0 bridgehead atoms. The van der Waals surface area contributed by atoms with Crippen LogP contribution >= 0.6 is 0 Å². The highest BCUT2D eigenvalue weighted by Gasteiger charge is 2.30. The van der Waals surface area contributed by atoms with Crippen molar-refractivity contribution in [3.8, 4) is 0 Å². The van der Waals surface area contributed by atoms with Gasteiger partial charge in [0.05, 0.1) is 6.10 Å². The number of benzene rings is 2. The molecule has 1 heterocycles. The van der Waals surface area contributed by atoms with Crippen molar-refractivity contribution in [1.29, 1.82) is 0 Å². The Kier molecular flexibility index (Phi) is 4.65. The third-order valence-corrected chi connectivity index (χ3v) is 4.08. The second-order valence-corrected chi connectivity index (χ2v) is 5.67. The number of rotatable bonds is 5. The van der Waals surface area contributed by atoms with Gasteiger partial charge in [-0.2, -0.15) is 0 Å². The van der Waals surface area contributed by atoms with Gasteiger partial charge in [0.2, 0.25) is 0 Å². The Morgan fingerprint density at radius 1 is 0.857 bits per heavy atom. The number of nitrogens with one attached hydrogen (secondary N) is 1. The number of aliphatic hydroxyl groups excluding tert-OH is 1. The van der Waals surface area contributed by atoms with Gasteiger partial charge in [0.25, 0.3) is 0 Å². The van der Waals surface area contributed by atoms with Gasteiger partial charge in [-0.3, -0.25) is 4.90 Å². The fraction of sp³-hybridized carbons (Fsp3) is 0.333. The zero-order chi connectivity index (χ0) is 14.5. The molecule has 0 amide bonds. The molecule has 3 nitrogen and oxygen atoms in total. The van der Waals surface area contributed by atoms with Gasteiger partial charge in [0.15, 0.2) is 0 Å². The number of hydrogen-bond donors (Lipinski definition) is 2. The van der Waals surface area contributed by atoms with E-state index in [0.717, 1.165) is 19.6 Å². The Balaban J connectivity index is 1.77. The van der Waals surface area contributed by atoms with Crippen LogP contribution in [-0.2, 0) is 13.1 Å². The van der Waals surface area contributed by atoms with Gasteiger partial charge in [-0.1, -0.05) is 60.7 Å². The fourth-order valence-corrected chi connectivity index (χ4v) is 2.95. The molecule has 1 aliphatic rings. The highest BCUT2D eigenvalue weighted by Crippen LogP contribution is 2.17. The van der Waals surface area contributed by atoms with E-state index >= 15 is 0 Å². The van der Waals surface area contributed by atoms with Crippen molar-refractivity contribution in [2.75, 3.05) is 13.1 Å². The van der Waals surface area contributed by atoms with Gasteiger partial charge in [-0.05, 0) is 11.1 Å². The molecular formula is C18H22N2O. The summed E-state index contributed by atoms with van der Waals surface area (Å²) in [7, 11) is 0. The molecule has 1 aliphatic heterocycles. The first kappa shape index (κ1) is 14.3. The summed E-state index contributed by atoms with van der Waals surface area (Å²) >= 11 is 0. The SMILES string of the molecule is O[C@@H]1CNC[C@H]1N(Cc1ccccc1)Cc1ccccc1.